The molecule has 2 heterocycles. The minimum atomic E-state index is -0.886. The van der Waals surface area contributed by atoms with Crippen LogP contribution in [0, 0.1) is 23.5 Å². The highest BCUT2D eigenvalue weighted by Crippen LogP contribution is 2.43. The molecule has 9 heteroatoms. The summed E-state index contributed by atoms with van der Waals surface area (Å²) in [5, 5.41) is 6.33. The summed E-state index contributed by atoms with van der Waals surface area (Å²) < 4.78 is 39.7. The molecule has 0 unspecified atom stereocenters. The number of nitrogens with zero attached hydrogens (tertiary/aromatic N) is 2. The standard InChI is InChI=1S/C21H19ClF2N4O2/c1-29-16-6-15-12(5-17(16)30-20-10-4-11(20)8-25-7-10)21(27-9-26-15)28-14-3-2-13(23)18(22)19(14)24/h2-3,5-6,9-11,20,25H,4,7-8H2,1H3,(H,26,27,28)/t10-,11+,20+. The molecular weight excluding hydrogens is 414 g/mol. The van der Waals surface area contributed by atoms with E-state index in [-0.39, 0.29) is 11.8 Å². The zero-order chi connectivity index (χ0) is 20.8. The maximum absolute atomic E-state index is 14.4. The van der Waals surface area contributed by atoms with Crippen molar-refractivity contribution in [1.29, 1.82) is 0 Å². The number of anilines is 2. The number of rotatable bonds is 5. The smallest absolute Gasteiger partial charge is 0.168 e. The minimum absolute atomic E-state index is 0.0132. The number of nitrogens with one attached hydrogen (secondary N) is 2. The third-order valence-corrected chi connectivity index (χ3v) is 6.17. The van der Waals surface area contributed by atoms with Crippen LogP contribution in [-0.4, -0.2) is 36.3 Å². The Bertz CT molecular complexity index is 1120. The summed E-state index contributed by atoms with van der Waals surface area (Å²) in [5.41, 5.74) is 0.611. The number of hydrogen-bond donors (Lipinski definition) is 2. The molecule has 2 aromatic carbocycles. The van der Waals surface area contributed by atoms with Gasteiger partial charge in [-0.05, 0) is 24.6 Å². The summed E-state index contributed by atoms with van der Waals surface area (Å²) in [5.74, 6) is 0.748. The van der Waals surface area contributed by atoms with E-state index in [2.05, 4.69) is 20.6 Å². The highest BCUT2D eigenvalue weighted by atomic mass is 35.5. The second kappa shape index (κ2) is 7.52. The van der Waals surface area contributed by atoms with Crippen molar-refractivity contribution in [2.75, 3.05) is 25.5 Å². The summed E-state index contributed by atoms with van der Waals surface area (Å²) >= 11 is 5.69. The lowest BCUT2D eigenvalue weighted by Gasteiger charge is -2.49. The molecule has 1 saturated heterocycles. The molecular formula is C21H19ClF2N4O2. The molecule has 2 N–H and O–H groups in total. The van der Waals surface area contributed by atoms with Crippen LogP contribution in [0.3, 0.4) is 0 Å². The second-order valence-corrected chi connectivity index (χ2v) is 7.96. The summed E-state index contributed by atoms with van der Waals surface area (Å²) in [7, 11) is 1.58. The molecule has 1 aromatic heterocycles. The van der Waals surface area contributed by atoms with Crippen molar-refractivity contribution < 1.29 is 18.3 Å². The van der Waals surface area contributed by atoms with Crippen molar-refractivity contribution >= 4 is 34.0 Å². The largest absolute Gasteiger partial charge is 0.493 e. The molecule has 5 rings (SSSR count). The van der Waals surface area contributed by atoms with E-state index in [1.165, 1.54) is 12.4 Å². The van der Waals surface area contributed by atoms with Crippen LogP contribution in [0.4, 0.5) is 20.3 Å². The maximum atomic E-state index is 14.4. The van der Waals surface area contributed by atoms with Gasteiger partial charge in [-0.15, -0.1) is 0 Å². The molecule has 2 aliphatic rings. The molecule has 1 aliphatic carbocycles. The molecule has 0 amide bonds. The number of methoxy groups -OCH3 is 1. The molecule has 0 radical (unpaired) electrons. The van der Waals surface area contributed by atoms with E-state index in [0.717, 1.165) is 25.6 Å². The molecule has 1 aliphatic heterocycles. The van der Waals surface area contributed by atoms with E-state index in [9.17, 15) is 8.78 Å². The molecule has 6 nitrogen and oxygen atoms in total. The van der Waals surface area contributed by atoms with Crippen LogP contribution in [0.25, 0.3) is 10.9 Å². The highest BCUT2D eigenvalue weighted by molar-refractivity contribution is 6.31. The van der Waals surface area contributed by atoms with Gasteiger partial charge in [0.1, 0.15) is 29.1 Å². The van der Waals surface area contributed by atoms with Gasteiger partial charge < -0.3 is 20.1 Å². The first-order chi connectivity index (χ1) is 14.5. The third-order valence-electron chi connectivity index (χ3n) is 5.82. The van der Waals surface area contributed by atoms with E-state index in [4.69, 9.17) is 21.1 Å². The van der Waals surface area contributed by atoms with Crippen LogP contribution in [0.2, 0.25) is 5.02 Å². The fourth-order valence-electron chi connectivity index (χ4n) is 4.20. The van der Waals surface area contributed by atoms with Gasteiger partial charge in [-0.3, -0.25) is 0 Å². The number of piperidine rings is 2. The topological polar surface area (TPSA) is 68.3 Å². The quantitative estimate of drug-likeness (QED) is 0.586. The molecule has 3 aromatic rings. The van der Waals surface area contributed by atoms with Crippen LogP contribution >= 0.6 is 11.6 Å². The number of halogens is 3. The molecule has 30 heavy (non-hydrogen) atoms. The Labute approximate surface area is 176 Å². The first kappa shape index (κ1) is 19.3. The fourth-order valence-corrected chi connectivity index (χ4v) is 4.37. The van der Waals surface area contributed by atoms with Crippen LogP contribution in [0.5, 0.6) is 11.5 Å². The fraction of sp³-hybridized carbons (Fsp3) is 0.333. The van der Waals surface area contributed by atoms with Crippen molar-refractivity contribution in [2.45, 2.75) is 12.5 Å². The van der Waals surface area contributed by atoms with Crippen molar-refractivity contribution in [1.82, 2.24) is 15.3 Å². The summed E-state index contributed by atoms with van der Waals surface area (Å²) in [6, 6.07) is 5.92. The Morgan fingerprint density at radius 2 is 1.93 bits per heavy atom. The third kappa shape index (κ3) is 3.20. The van der Waals surface area contributed by atoms with Gasteiger partial charge >= 0.3 is 0 Å². The normalized spacial score (nSPS) is 22.5. The van der Waals surface area contributed by atoms with E-state index in [1.807, 2.05) is 0 Å². The van der Waals surface area contributed by atoms with E-state index < -0.39 is 16.7 Å². The Kier molecular flexibility index (Phi) is 4.83. The van der Waals surface area contributed by atoms with Crippen LogP contribution in [-0.2, 0) is 0 Å². The maximum Gasteiger partial charge on any atom is 0.168 e. The number of benzene rings is 2. The Morgan fingerprint density at radius 3 is 2.67 bits per heavy atom. The van der Waals surface area contributed by atoms with Crippen molar-refractivity contribution in [3.63, 3.8) is 0 Å². The monoisotopic (exact) mass is 432 g/mol. The van der Waals surface area contributed by atoms with Gasteiger partial charge in [-0.25, -0.2) is 18.7 Å². The van der Waals surface area contributed by atoms with Gasteiger partial charge in [0.25, 0.3) is 0 Å². The molecule has 0 spiro atoms. The predicted molar refractivity (Wildman–Crippen MR) is 110 cm³/mol. The van der Waals surface area contributed by atoms with E-state index >= 15 is 0 Å². The lowest BCUT2D eigenvalue weighted by molar-refractivity contribution is -0.0455. The number of hydrogen-bond acceptors (Lipinski definition) is 6. The lowest BCUT2D eigenvalue weighted by Crippen LogP contribution is -2.59. The summed E-state index contributed by atoms with van der Waals surface area (Å²) in [4.78, 5) is 8.51. The van der Waals surface area contributed by atoms with Gasteiger partial charge in [0, 0.05) is 36.4 Å². The zero-order valence-electron chi connectivity index (χ0n) is 16.1. The van der Waals surface area contributed by atoms with E-state index in [0.29, 0.717) is 40.1 Å². The van der Waals surface area contributed by atoms with Gasteiger partial charge in [0.05, 0.1) is 18.3 Å². The van der Waals surface area contributed by atoms with Crippen LogP contribution < -0.4 is 20.1 Å². The second-order valence-electron chi connectivity index (χ2n) is 7.59. The summed E-state index contributed by atoms with van der Waals surface area (Å²) in [6.45, 7) is 1.88. The SMILES string of the molecule is COc1cc2ncnc(Nc3ccc(F)c(Cl)c3F)c2cc1O[C@@H]1[C@@H]2CNC[C@H]1C2. The average molecular weight is 433 g/mol. The lowest BCUT2D eigenvalue weighted by atomic mass is 9.69. The molecule has 1 saturated carbocycles. The van der Waals surface area contributed by atoms with Gasteiger partial charge in [-0.2, -0.15) is 0 Å². The van der Waals surface area contributed by atoms with Gasteiger partial charge in [-0.1, -0.05) is 11.6 Å². The van der Waals surface area contributed by atoms with Crippen LogP contribution in [0.1, 0.15) is 6.42 Å². The minimum Gasteiger partial charge on any atom is -0.493 e. The summed E-state index contributed by atoms with van der Waals surface area (Å²) in [6.07, 6.45) is 2.65. The number of fused-ring (bicyclic) bond motifs is 3. The zero-order valence-corrected chi connectivity index (χ0v) is 16.8. The average Bonchev–Trinajstić information content (AvgIpc) is 2.77. The number of ether oxygens (including phenoxy) is 2. The molecule has 156 valence electrons. The van der Waals surface area contributed by atoms with Gasteiger partial charge in [0.2, 0.25) is 0 Å². The molecule has 3 atom stereocenters. The van der Waals surface area contributed by atoms with Crippen LogP contribution in [0.15, 0.2) is 30.6 Å². The van der Waals surface area contributed by atoms with Gasteiger partial charge in [0.15, 0.2) is 17.3 Å². The van der Waals surface area contributed by atoms with Crippen molar-refractivity contribution in [3.05, 3.63) is 47.2 Å². The first-order valence-corrected chi connectivity index (χ1v) is 10.0. The van der Waals surface area contributed by atoms with Crippen molar-refractivity contribution in [3.8, 4) is 11.5 Å². The van der Waals surface area contributed by atoms with E-state index in [1.54, 1.807) is 19.2 Å². The molecule has 2 fully saturated rings. The highest BCUT2D eigenvalue weighted by Gasteiger charge is 2.45. The Hall–Kier alpha value is -2.71. The molecule has 2 bridgehead atoms. The van der Waals surface area contributed by atoms with Crippen molar-refractivity contribution in [2.24, 2.45) is 11.8 Å². The predicted octanol–water partition coefficient (Wildman–Crippen LogP) is 4.30. The first-order valence-electron chi connectivity index (χ1n) is 9.65. The Morgan fingerprint density at radius 1 is 1.13 bits per heavy atom. The Balaban J connectivity index is 1.52. The number of aromatic nitrogens is 2.